The Balaban J connectivity index is 2.89. The lowest BCUT2D eigenvalue weighted by Gasteiger charge is -2.25. The van der Waals surface area contributed by atoms with Crippen LogP contribution in [-0.2, 0) is 4.74 Å². The van der Waals surface area contributed by atoms with Crippen molar-refractivity contribution in [2.24, 2.45) is 0 Å². The number of anilines is 2. The molecule has 0 bridgehead atoms. The number of rotatable bonds is 7. The molecule has 106 valence electrons. The van der Waals surface area contributed by atoms with Crippen LogP contribution in [0.4, 0.5) is 17.5 Å². The van der Waals surface area contributed by atoms with Gasteiger partial charge in [0, 0.05) is 20.2 Å². The van der Waals surface area contributed by atoms with Crippen LogP contribution in [0.1, 0.15) is 20.8 Å². The quantitative estimate of drug-likeness (QED) is 0.573. The van der Waals surface area contributed by atoms with E-state index < -0.39 is 10.5 Å². The second kappa shape index (κ2) is 6.28. The normalized spacial score (nSPS) is 11.2. The Bertz CT molecular complexity index is 450. The Morgan fingerprint density at radius 1 is 1.53 bits per heavy atom. The average Bonchev–Trinajstić information content (AvgIpc) is 2.35. The van der Waals surface area contributed by atoms with Gasteiger partial charge >= 0.3 is 5.69 Å². The highest BCUT2D eigenvalue weighted by molar-refractivity contribution is 5.57. The summed E-state index contributed by atoms with van der Waals surface area (Å²) >= 11 is 0. The van der Waals surface area contributed by atoms with Crippen LogP contribution < -0.4 is 10.6 Å². The molecule has 0 atom stereocenters. The molecule has 0 saturated heterocycles. The molecule has 0 aliphatic carbocycles. The van der Waals surface area contributed by atoms with Crippen LogP contribution >= 0.6 is 0 Å². The van der Waals surface area contributed by atoms with Crippen molar-refractivity contribution in [3.63, 3.8) is 0 Å². The molecule has 0 radical (unpaired) electrons. The second-order valence-electron chi connectivity index (χ2n) is 4.48. The van der Waals surface area contributed by atoms with E-state index in [1.807, 2.05) is 20.8 Å². The van der Waals surface area contributed by atoms with E-state index in [0.717, 1.165) is 0 Å². The van der Waals surface area contributed by atoms with Gasteiger partial charge in [0.2, 0.25) is 11.8 Å². The maximum absolute atomic E-state index is 10.9. The number of nitrogens with zero attached hydrogens (tertiary/aromatic N) is 3. The van der Waals surface area contributed by atoms with E-state index in [1.165, 1.54) is 6.20 Å². The molecule has 0 aromatic carbocycles. The lowest BCUT2D eigenvalue weighted by atomic mass is 10.1. The Kier molecular flexibility index (Phi) is 4.99. The lowest BCUT2D eigenvalue weighted by Crippen LogP contribution is -2.33. The summed E-state index contributed by atoms with van der Waals surface area (Å²) in [4.78, 5) is 18.3. The summed E-state index contributed by atoms with van der Waals surface area (Å²) in [6.07, 6.45) is 1.18. The van der Waals surface area contributed by atoms with Crippen LogP contribution in [0.5, 0.6) is 0 Å². The van der Waals surface area contributed by atoms with Crippen LogP contribution in [0.25, 0.3) is 0 Å². The molecule has 8 heteroatoms. The van der Waals surface area contributed by atoms with Crippen LogP contribution in [0.15, 0.2) is 6.20 Å². The number of hydrogen-bond donors (Lipinski definition) is 2. The fraction of sp³-hybridized carbons (Fsp3) is 0.636. The second-order valence-corrected chi connectivity index (χ2v) is 4.48. The van der Waals surface area contributed by atoms with Crippen LogP contribution in [0.3, 0.4) is 0 Å². The predicted molar refractivity (Wildman–Crippen MR) is 72.4 cm³/mol. The summed E-state index contributed by atoms with van der Waals surface area (Å²) in [5.41, 5.74) is -0.598. The van der Waals surface area contributed by atoms with Gasteiger partial charge < -0.3 is 15.4 Å². The third-order valence-corrected chi connectivity index (χ3v) is 2.41. The maximum Gasteiger partial charge on any atom is 0.329 e. The molecule has 0 amide bonds. The van der Waals surface area contributed by atoms with Gasteiger partial charge in [0.1, 0.15) is 6.20 Å². The Labute approximate surface area is 111 Å². The zero-order valence-corrected chi connectivity index (χ0v) is 11.6. The van der Waals surface area contributed by atoms with Gasteiger partial charge in [-0.25, -0.2) is 4.98 Å². The largest absolute Gasteiger partial charge is 0.374 e. The third kappa shape index (κ3) is 4.32. The Morgan fingerprint density at radius 3 is 2.74 bits per heavy atom. The van der Waals surface area contributed by atoms with Crippen molar-refractivity contribution in [1.82, 2.24) is 9.97 Å². The Hall–Kier alpha value is -1.96. The molecule has 0 fully saturated rings. The number of aromatic nitrogens is 2. The zero-order valence-electron chi connectivity index (χ0n) is 11.6. The van der Waals surface area contributed by atoms with Crippen LogP contribution in [0, 0.1) is 10.1 Å². The van der Waals surface area contributed by atoms with Crippen molar-refractivity contribution >= 4 is 17.5 Å². The summed E-state index contributed by atoms with van der Waals surface area (Å²) in [5, 5.41) is 16.6. The molecule has 0 saturated carbocycles. The first-order valence-electron chi connectivity index (χ1n) is 5.96. The minimum absolute atomic E-state index is 0.161. The SMILES string of the molecule is CCOC(C)(C)CNc1nc(NC)ncc1[N+](=O)[O-]. The molecule has 2 N–H and O–H groups in total. The van der Waals surface area contributed by atoms with E-state index >= 15 is 0 Å². The molecule has 1 heterocycles. The van der Waals surface area contributed by atoms with E-state index in [9.17, 15) is 10.1 Å². The summed E-state index contributed by atoms with van der Waals surface area (Å²) in [6.45, 7) is 6.67. The molecule has 8 nitrogen and oxygen atoms in total. The zero-order chi connectivity index (χ0) is 14.5. The fourth-order valence-electron chi connectivity index (χ4n) is 1.50. The molecule has 1 aromatic rings. The van der Waals surface area contributed by atoms with E-state index in [1.54, 1.807) is 7.05 Å². The summed E-state index contributed by atoms with van der Waals surface area (Å²) in [7, 11) is 1.65. The van der Waals surface area contributed by atoms with Crippen molar-refractivity contribution in [2.45, 2.75) is 26.4 Å². The van der Waals surface area contributed by atoms with Gasteiger partial charge in [0.15, 0.2) is 0 Å². The molecule has 0 unspecified atom stereocenters. The topological polar surface area (TPSA) is 102 Å². The highest BCUT2D eigenvalue weighted by Gasteiger charge is 2.22. The van der Waals surface area contributed by atoms with Crippen molar-refractivity contribution in [3.05, 3.63) is 16.3 Å². The molecule has 1 rings (SSSR count). The molecule has 19 heavy (non-hydrogen) atoms. The van der Waals surface area contributed by atoms with Gasteiger partial charge in [-0.3, -0.25) is 10.1 Å². The number of nitrogens with one attached hydrogen (secondary N) is 2. The van der Waals surface area contributed by atoms with Gasteiger partial charge in [-0.2, -0.15) is 4.98 Å². The first-order chi connectivity index (χ1) is 8.89. The highest BCUT2D eigenvalue weighted by atomic mass is 16.6. The maximum atomic E-state index is 10.9. The van der Waals surface area contributed by atoms with E-state index in [4.69, 9.17) is 4.74 Å². The van der Waals surface area contributed by atoms with Gasteiger partial charge in [0.25, 0.3) is 0 Å². The predicted octanol–water partition coefficient (Wildman–Crippen LogP) is 1.65. The van der Waals surface area contributed by atoms with E-state index in [2.05, 4.69) is 20.6 Å². The first-order valence-corrected chi connectivity index (χ1v) is 5.96. The minimum atomic E-state index is -0.518. The molecule has 0 aliphatic heterocycles. The van der Waals surface area contributed by atoms with Gasteiger partial charge in [-0.15, -0.1) is 0 Å². The monoisotopic (exact) mass is 269 g/mol. The summed E-state index contributed by atoms with van der Waals surface area (Å²) in [5.74, 6) is 0.499. The minimum Gasteiger partial charge on any atom is -0.374 e. The third-order valence-electron chi connectivity index (χ3n) is 2.41. The van der Waals surface area contributed by atoms with Crippen LogP contribution in [0.2, 0.25) is 0 Å². The van der Waals surface area contributed by atoms with Gasteiger partial charge in [-0.05, 0) is 20.8 Å². The highest BCUT2D eigenvalue weighted by Crippen LogP contribution is 2.22. The smallest absolute Gasteiger partial charge is 0.329 e. The summed E-state index contributed by atoms with van der Waals surface area (Å²) < 4.78 is 5.52. The standard InChI is InChI=1S/C11H19N5O3/c1-5-19-11(2,3)7-14-9-8(16(17)18)6-13-10(12-4)15-9/h6H,5,7H2,1-4H3,(H2,12,13,14,15). The van der Waals surface area contributed by atoms with Crippen molar-refractivity contribution in [2.75, 3.05) is 30.8 Å². The van der Waals surface area contributed by atoms with Gasteiger partial charge in [0.05, 0.1) is 10.5 Å². The van der Waals surface area contributed by atoms with E-state index in [-0.39, 0.29) is 11.5 Å². The lowest BCUT2D eigenvalue weighted by molar-refractivity contribution is -0.384. The summed E-state index contributed by atoms with van der Waals surface area (Å²) in [6, 6.07) is 0. The van der Waals surface area contributed by atoms with Crippen molar-refractivity contribution in [3.8, 4) is 0 Å². The number of ether oxygens (including phenoxy) is 1. The molecular formula is C11H19N5O3. The van der Waals surface area contributed by atoms with E-state index in [0.29, 0.717) is 19.1 Å². The van der Waals surface area contributed by atoms with Crippen LogP contribution in [-0.4, -0.2) is 40.7 Å². The van der Waals surface area contributed by atoms with Crippen molar-refractivity contribution < 1.29 is 9.66 Å². The molecule has 0 spiro atoms. The first kappa shape index (κ1) is 15.1. The molecule has 1 aromatic heterocycles. The average molecular weight is 269 g/mol. The van der Waals surface area contributed by atoms with Gasteiger partial charge in [-0.1, -0.05) is 0 Å². The molecule has 0 aliphatic rings. The molecular weight excluding hydrogens is 250 g/mol. The van der Waals surface area contributed by atoms with Crippen molar-refractivity contribution in [1.29, 1.82) is 0 Å². The number of nitro groups is 1. The number of hydrogen-bond acceptors (Lipinski definition) is 7. The Morgan fingerprint density at radius 2 is 2.21 bits per heavy atom. The fourth-order valence-corrected chi connectivity index (χ4v) is 1.50.